The second-order valence-corrected chi connectivity index (χ2v) is 8.94. The number of aromatic nitrogens is 2. The van der Waals surface area contributed by atoms with Crippen LogP contribution in [0.2, 0.25) is 0 Å². The number of ether oxygens (including phenoxy) is 1. The van der Waals surface area contributed by atoms with Gasteiger partial charge in [-0.2, -0.15) is 0 Å². The summed E-state index contributed by atoms with van der Waals surface area (Å²) in [6.07, 6.45) is 4.86. The lowest BCUT2D eigenvalue weighted by Crippen LogP contribution is -2.41. The van der Waals surface area contributed by atoms with Crippen LogP contribution in [0.5, 0.6) is 11.6 Å². The van der Waals surface area contributed by atoms with Crippen molar-refractivity contribution in [3.63, 3.8) is 0 Å². The van der Waals surface area contributed by atoms with Crippen LogP contribution in [0.1, 0.15) is 48.1 Å². The van der Waals surface area contributed by atoms with Crippen LogP contribution >= 0.6 is 0 Å². The van der Waals surface area contributed by atoms with Gasteiger partial charge in [0.05, 0.1) is 6.04 Å². The minimum atomic E-state index is -0.0100. The number of piperidine rings is 1. The summed E-state index contributed by atoms with van der Waals surface area (Å²) in [6, 6.07) is 14.2. The highest BCUT2D eigenvalue weighted by molar-refractivity contribution is 5.79. The van der Waals surface area contributed by atoms with Crippen LogP contribution in [0.4, 0.5) is 5.82 Å². The van der Waals surface area contributed by atoms with Crippen LogP contribution < -0.4 is 15.0 Å². The summed E-state index contributed by atoms with van der Waals surface area (Å²) in [5, 5.41) is 3.21. The Morgan fingerprint density at radius 2 is 1.79 bits per heavy atom. The first-order valence-electron chi connectivity index (χ1n) is 11.6. The molecule has 0 spiro atoms. The number of nitrogens with zero attached hydrogens (tertiary/aromatic N) is 3. The second-order valence-electron chi connectivity index (χ2n) is 8.94. The molecule has 0 radical (unpaired) electrons. The Kier molecular flexibility index (Phi) is 6.92. The highest BCUT2D eigenvalue weighted by atomic mass is 16.5. The molecule has 2 aromatic carbocycles. The minimum Gasteiger partial charge on any atom is -0.436 e. The third kappa shape index (κ3) is 5.51. The van der Waals surface area contributed by atoms with E-state index in [1.807, 2.05) is 38.1 Å². The smallest absolute Gasteiger partial charge is 0.263 e. The summed E-state index contributed by atoms with van der Waals surface area (Å²) in [5.41, 5.74) is 4.77. The molecule has 3 aromatic rings. The van der Waals surface area contributed by atoms with Crippen LogP contribution in [-0.4, -0.2) is 29.0 Å². The molecule has 1 aliphatic heterocycles. The van der Waals surface area contributed by atoms with Gasteiger partial charge in [-0.15, -0.1) is 0 Å². The largest absolute Gasteiger partial charge is 0.436 e. The van der Waals surface area contributed by atoms with Crippen molar-refractivity contribution in [2.24, 2.45) is 5.92 Å². The molecule has 1 aliphatic rings. The summed E-state index contributed by atoms with van der Waals surface area (Å²) >= 11 is 0. The minimum absolute atomic E-state index is 0.00643. The first kappa shape index (κ1) is 22.8. The Bertz CT molecular complexity index is 1120. The molecule has 33 heavy (non-hydrogen) atoms. The zero-order valence-electron chi connectivity index (χ0n) is 19.8. The molecule has 1 saturated heterocycles. The van der Waals surface area contributed by atoms with E-state index in [4.69, 9.17) is 4.74 Å². The monoisotopic (exact) mass is 444 g/mol. The maximum atomic E-state index is 12.9. The fraction of sp³-hybridized carbons (Fsp3) is 0.370. The number of rotatable bonds is 6. The Balaban J connectivity index is 1.37. The van der Waals surface area contributed by atoms with Gasteiger partial charge >= 0.3 is 0 Å². The lowest BCUT2D eigenvalue weighted by Gasteiger charge is -2.33. The molecule has 6 nitrogen and oxygen atoms in total. The van der Waals surface area contributed by atoms with Crippen LogP contribution in [0.25, 0.3) is 0 Å². The first-order valence-corrected chi connectivity index (χ1v) is 11.6. The molecule has 1 atom stereocenters. The predicted molar refractivity (Wildman–Crippen MR) is 131 cm³/mol. The summed E-state index contributed by atoms with van der Waals surface area (Å²) in [6.45, 7) is 9.75. The number of hydrogen-bond donors (Lipinski definition) is 1. The maximum absolute atomic E-state index is 12.9. The van der Waals surface area contributed by atoms with E-state index in [1.165, 1.54) is 11.1 Å². The highest BCUT2D eigenvalue weighted by Gasteiger charge is 2.28. The standard InChI is InChI=1S/C27H32N4O2/c1-18-6-5-7-24(16-18)33-27-25(28-12-13-29-27)31-14-10-22(11-15-31)26(32)30-21(4)23-9-8-19(2)20(3)17-23/h5-9,12-13,16-17,21-22H,10-11,14-15H2,1-4H3,(H,30,32)/t21-/m1/s1. The predicted octanol–water partition coefficient (Wildman–Crippen LogP) is 5.29. The van der Waals surface area contributed by atoms with Gasteiger partial charge in [0.2, 0.25) is 5.91 Å². The third-order valence-electron chi connectivity index (χ3n) is 6.41. The molecular weight excluding hydrogens is 412 g/mol. The van der Waals surface area contributed by atoms with Gasteiger partial charge in [-0.05, 0) is 74.9 Å². The van der Waals surface area contributed by atoms with Crippen LogP contribution in [0.15, 0.2) is 54.9 Å². The molecule has 1 N–H and O–H groups in total. The molecule has 2 heterocycles. The van der Waals surface area contributed by atoms with Crippen molar-refractivity contribution in [1.82, 2.24) is 15.3 Å². The van der Waals surface area contributed by atoms with Crippen molar-refractivity contribution in [2.45, 2.75) is 46.6 Å². The van der Waals surface area contributed by atoms with Crippen LogP contribution in [0.3, 0.4) is 0 Å². The van der Waals surface area contributed by atoms with Crippen molar-refractivity contribution in [3.05, 3.63) is 77.1 Å². The van der Waals surface area contributed by atoms with Crippen molar-refractivity contribution in [2.75, 3.05) is 18.0 Å². The zero-order valence-corrected chi connectivity index (χ0v) is 19.8. The highest BCUT2D eigenvalue weighted by Crippen LogP contribution is 2.31. The molecule has 172 valence electrons. The molecular formula is C27H32N4O2. The summed E-state index contributed by atoms with van der Waals surface area (Å²) in [4.78, 5) is 24.0. The average molecular weight is 445 g/mol. The van der Waals surface area contributed by atoms with Gasteiger partial charge in [-0.3, -0.25) is 4.79 Å². The Morgan fingerprint density at radius 3 is 2.52 bits per heavy atom. The van der Waals surface area contributed by atoms with E-state index in [-0.39, 0.29) is 17.9 Å². The topological polar surface area (TPSA) is 67.4 Å². The zero-order chi connectivity index (χ0) is 23.4. The van der Waals surface area contributed by atoms with Crippen LogP contribution in [-0.2, 0) is 4.79 Å². The van der Waals surface area contributed by atoms with Gasteiger partial charge in [-0.1, -0.05) is 30.3 Å². The van der Waals surface area contributed by atoms with Crippen molar-refractivity contribution in [3.8, 4) is 11.6 Å². The number of aryl methyl sites for hydroxylation is 3. The fourth-order valence-electron chi connectivity index (χ4n) is 4.20. The van der Waals surface area contributed by atoms with E-state index in [2.05, 4.69) is 52.2 Å². The van der Waals surface area contributed by atoms with E-state index >= 15 is 0 Å². The number of benzene rings is 2. The number of nitrogens with one attached hydrogen (secondary N) is 1. The number of hydrogen-bond acceptors (Lipinski definition) is 5. The van der Waals surface area contributed by atoms with Gasteiger partial charge in [-0.25, -0.2) is 9.97 Å². The Morgan fingerprint density at radius 1 is 1.03 bits per heavy atom. The van der Waals surface area contributed by atoms with Crippen LogP contribution in [0, 0.1) is 26.7 Å². The van der Waals surface area contributed by atoms with Crippen molar-refractivity contribution < 1.29 is 9.53 Å². The number of anilines is 1. The second kappa shape index (κ2) is 10.0. The summed E-state index contributed by atoms with van der Waals surface area (Å²) in [5.74, 6) is 2.07. The molecule has 6 heteroatoms. The molecule has 1 fully saturated rings. The van der Waals surface area contributed by atoms with Gasteiger partial charge in [0.1, 0.15) is 5.75 Å². The van der Waals surface area contributed by atoms with E-state index in [1.54, 1.807) is 12.4 Å². The number of carbonyl (C=O) groups excluding carboxylic acids is 1. The third-order valence-corrected chi connectivity index (χ3v) is 6.41. The molecule has 0 aliphatic carbocycles. The summed E-state index contributed by atoms with van der Waals surface area (Å²) < 4.78 is 6.04. The molecule has 0 saturated carbocycles. The quantitative estimate of drug-likeness (QED) is 0.560. The van der Waals surface area contributed by atoms with E-state index in [0.717, 1.165) is 48.6 Å². The number of carbonyl (C=O) groups is 1. The van der Waals surface area contributed by atoms with E-state index in [0.29, 0.717) is 5.88 Å². The van der Waals surface area contributed by atoms with Gasteiger partial charge < -0.3 is 15.0 Å². The van der Waals surface area contributed by atoms with Gasteiger partial charge in [0.15, 0.2) is 5.82 Å². The van der Waals surface area contributed by atoms with E-state index in [9.17, 15) is 4.79 Å². The normalized spacial score (nSPS) is 15.2. The maximum Gasteiger partial charge on any atom is 0.263 e. The lowest BCUT2D eigenvalue weighted by atomic mass is 9.95. The summed E-state index contributed by atoms with van der Waals surface area (Å²) in [7, 11) is 0. The SMILES string of the molecule is Cc1cccc(Oc2nccnc2N2CCC(C(=O)N[C@H](C)c3ccc(C)c(C)c3)CC2)c1. The molecule has 1 amide bonds. The lowest BCUT2D eigenvalue weighted by molar-refractivity contribution is -0.126. The fourth-order valence-corrected chi connectivity index (χ4v) is 4.20. The Hall–Kier alpha value is -3.41. The molecule has 1 aromatic heterocycles. The molecule has 0 unspecified atom stereocenters. The van der Waals surface area contributed by atoms with Gasteiger partial charge in [0.25, 0.3) is 5.88 Å². The van der Waals surface area contributed by atoms with Crippen molar-refractivity contribution in [1.29, 1.82) is 0 Å². The molecule has 0 bridgehead atoms. The van der Waals surface area contributed by atoms with E-state index < -0.39 is 0 Å². The molecule has 4 rings (SSSR count). The Labute approximate surface area is 196 Å². The van der Waals surface area contributed by atoms with Crippen molar-refractivity contribution >= 4 is 11.7 Å². The average Bonchev–Trinajstić information content (AvgIpc) is 2.81. The number of amides is 1. The van der Waals surface area contributed by atoms with Gasteiger partial charge in [0, 0.05) is 31.4 Å². The first-order chi connectivity index (χ1) is 15.9.